The summed E-state index contributed by atoms with van der Waals surface area (Å²) in [6, 6.07) is 10.1. The van der Waals surface area contributed by atoms with Crippen molar-refractivity contribution in [3.8, 4) is 0 Å². The second-order valence-corrected chi connectivity index (χ2v) is 7.47. The van der Waals surface area contributed by atoms with Gasteiger partial charge in [-0.2, -0.15) is 13.2 Å². The standard InChI is InChI=1S/C22H23F3N2O3/c1-14-4-2-3-5-15(14)12-20(29)26-18-11-16(10-17(13-18)22(23,24)25)21(30)27-8-6-19(28)7-9-27/h2-5,10-11,13,19,28H,6-9,12H2,1H3,(H,26,29). The Labute approximate surface area is 172 Å². The van der Waals surface area contributed by atoms with Crippen LogP contribution in [0.4, 0.5) is 18.9 Å². The second-order valence-electron chi connectivity index (χ2n) is 7.47. The van der Waals surface area contributed by atoms with Crippen molar-refractivity contribution < 1.29 is 27.9 Å². The Morgan fingerprint density at radius 2 is 1.80 bits per heavy atom. The lowest BCUT2D eigenvalue weighted by atomic mass is 10.0. The minimum Gasteiger partial charge on any atom is -0.393 e. The third-order valence-corrected chi connectivity index (χ3v) is 5.16. The van der Waals surface area contributed by atoms with E-state index in [1.54, 1.807) is 12.1 Å². The summed E-state index contributed by atoms with van der Waals surface area (Å²) in [7, 11) is 0. The highest BCUT2D eigenvalue weighted by atomic mass is 19.4. The first kappa shape index (κ1) is 21.8. The molecule has 0 aromatic heterocycles. The maximum Gasteiger partial charge on any atom is 0.416 e. The minimum atomic E-state index is -4.66. The molecule has 160 valence electrons. The van der Waals surface area contributed by atoms with E-state index in [-0.39, 0.29) is 30.8 Å². The molecule has 1 aliphatic heterocycles. The fraction of sp³-hybridized carbons (Fsp3) is 0.364. The highest BCUT2D eigenvalue weighted by Crippen LogP contribution is 2.32. The number of piperidine rings is 1. The molecule has 1 fully saturated rings. The van der Waals surface area contributed by atoms with E-state index in [4.69, 9.17) is 0 Å². The number of aliphatic hydroxyl groups is 1. The molecule has 1 saturated heterocycles. The van der Waals surface area contributed by atoms with Gasteiger partial charge in [-0.15, -0.1) is 0 Å². The molecule has 0 atom stereocenters. The summed E-state index contributed by atoms with van der Waals surface area (Å²) >= 11 is 0. The molecule has 3 rings (SSSR count). The van der Waals surface area contributed by atoms with Gasteiger partial charge in [-0.1, -0.05) is 24.3 Å². The smallest absolute Gasteiger partial charge is 0.393 e. The Kier molecular flexibility index (Phi) is 6.45. The Morgan fingerprint density at radius 1 is 1.13 bits per heavy atom. The lowest BCUT2D eigenvalue weighted by Crippen LogP contribution is -2.40. The fourth-order valence-electron chi connectivity index (χ4n) is 3.43. The largest absolute Gasteiger partial charge is 0.416 e. The quantitative estimate of drug-likeness (QED) is 0.791. The third-order valence-electron chi connectivity index (χ3n) is 5.16. The monoisotopic (exact) mass is 420 g/mol. The van der Waals surface area contributed by atoms with E-state index >= 15 is 0 Å². The van der Waals surface area contributed by atoms with Gasteiger partial charge in [-0.25, -0.2) is 0 Å². The zero-order chi connectivity index (χ0) is 21.9. The number of halogens is 3. The zero-order valence-corrected chi connectivity index (χ0v) is 16.5. The van der Waals surface area contributed by atoms with Crippen LogP contribution in [0.5, 0.6) is 0 Å². The number of rotatable bonds is 4. The number of hydrogen-bond donors (Lipinski definition) is 2. The van der Waals surface area contributed by atoms with Gasteiger partial charge in [0.25, 0.3) is 5.91 Å². The van der Waals surface area contributed by atoms with Crippen LogP contribution in [0.3, 0.4) is 0 Å². The number of anilines is 1. The van der Waals surface area contributed by atoms with Crippen LogP contribution in [0.25, 0.3) is 0 Å². The number of benzene rings is 2. The summed E-state index contributed by atoms with van der Waals surface area (Å²) < 4.78 is 40.1. The maximum atomic E-state index is 13.4. The summed E-state index contributed by atoms with van der Waals surface area (Å²) in [5.41, 5.74) is 0.442. The van der Waals surface area contributed by atoms with Crippen molar-refractivity contribution in [1.82, 2.24) is 4.90 Å². The van der Waals surface area contributed by atoms with Gasteiger partial charge >= 0.3 is 6.18 Å². The number of nitrogens with zero attached hydrogens (tertiary/aromatic N) is 1. The molecule has 0 unspecified atom stereocenters. The molecule has 2 aromatic rings. The number of carbonyl (C=O) groups excluding carboxylic acids is 2. The van der Waals surface area contributed by atoms with Crippen LogP contribution in [0, 0.1) is 6.92 Å². The van der Waals surface area contributed by atoms with Crippen LogP contribution in [0.1, 0.15) is 39.9 Å². The summed E-state index contributed by atoms with van der Waals surface area (Å²) in [5, 5.41) is 12.1. The molecule has 0 bridgehead atoms. The van der Waals surface area contributed by atoms with Crippen LogP contribution < -0.4 is 5.32 Å². The molecule has 1 aliphatic rings. The molecule has 2 N–H and O–H groups in total. The third kappa shape index (κ3) is 5.38. The SMILES string of the molecule is Cc1ccccc1CC(=O)Nc1cc(C(=O)N2CCC(O)CC2)cc(C(F)(F)F)c1. The number of amides is 2. The van der Waals surface area contributed by atoms with Crippen molar-refractivity contribution in [3.05, 3.63) is 64.7 Å². The number of carbonyl (C=O) groups is 2. The van der Waals surface area contributed by atoms with Crippen LogP contribution in [0.2, 0.25) is 0 Å². The van der Waals surface area contributed by atoms with E-state index in [0.717, 1.165) is 23.3 Å². The molecule has 8 heteroatoms. The lowest BCUT2D eigenvalue weighted by Gasteiger charge is -2.30. The van der Waals surface area contributed by atoms with Gasteiger partial charge in [0, 0.05) is 24.3 Å². The number of alkyl halides is 3. The van der Waals surface area contributed by atoms with Crippen molar-refractivity contribution in [2.75, 3.05) is 18.4 Å². The predicted octanol–water partition coefficient (Wildman–Crippen LogP) is 3.79. The molecule has 0 spiro atoms. The Hall–Kier alpha value is -2.87. The van der Waals surface area contributed by atoms with E-state index < -0.39 is 29.7 Å². The normalized spacial score (nSPS) is 15.2. The van der Waals surface area contributed by atoms with Crippen LogP contribution in [-0.4, -0.2) is 41.0 Å². The van der Waals surface area contributed by atoms with Crippen molar-refractivity contribution in [2.24, 2.45) is 0 Å². The highest BCUT2D eigenvalue weighted by molar-refractivity contribution is 5.98. The summed E-state index contributed by atoms with van der Waals surface area (Å²) in [5.74, 6) is -1.02. The molecular weight excluding hydrogens is 397 g/mol. The van der Waals surface area contributed by atoms with Gasteiger partial charge in [-0.3, -0.25) is 9.59 Å². The van der Waals surface area contributed by atoms with Crippen LogP contribution in [0.15, 0.2) is 42.5 Å². The van der Waals surface area contributed by atoms with Gasteiger partial charge in [0.15, 0.2) is 0 Å². The fourth-order valence-corrected chi connectivity index (χ4v) is 3.43. The van der Waals surface area contributed by atoms with E-state index in [1.165, 1.54) is 11.0 Å². The molecule has 2 aromatic carbocycles. The Balaban J connectivity index is 1.83. The average Bonchev–Trinajstić information content (AvgIpc) is 2.69. The highest BCUT2D eigenvalue weighted by Gasteiger charge is 2.33. The predicted molar refractivity (Wildman–Crippen MR) is 106 cm³/mol. The van der Waals surface area contributed by atoms with Gasteiger partial charge in [0.1, 0.15) is 0 Å². The number of nitrogens with one attached hydrogen (secondary N) is 1. The van der Waals surface area contributed by atoms with E-state index in [9.17, 15) is 27.9 Å². The molecule has 5 nitrogen and oxygen atoms in total. The second kappa shape index (κ2) is 8.87. The minimum absolute atomic E-state index is 0.0101. The van der Waals surface area contributed by atoms with E-state index in [1.807, 2.05) is 19.1 Å². The molecule has 2 amide bonds. The van der Waals surface area contributed by atoms with Crippen LogP contribution >= 0.6 is 0 Å². The van der Waals surface area contributed by atoms with Gasteiger partial charge < -0.3 is 15.3 Å². The number of likely N-dealkylation sites (tertiary alicyclic amines) is 1. The molecule has 0 saturated carbocycles. The Bertz CT molecular complexity index is 935. The molecule has 0 radical (unpaired) electrons. The van der Waals surface area contributed by atoms with E-state index in [2.05, 4.69) is 5.32 Å². The molecular formula is C22H23F3N2O3. The summed E-state index contributed by atoms with van der Waals surface area (Å²) in [6.45, 7) is 2.38. The molecule has 1 heterocycles. The first-order chi connectivity index (χ1) is 14.1. The summed E-state index contributed by atoms with van der Waals surface area (Å²) in [4.78, 5) is 26.5. The van der Waals surface area contributed by atoms with Crippen molar-refractivity contribution in [3.63, 3.8) is 0 Å². The maximum absolute atomic E-state index is 13.4. The number of hydrogen-bond acceptors (Lipinski definition) is 3. The average molecular weight is 420 g/mol. The van der Waals surface area contributed by atoms with Gasteiger partial charge in [0.05, 0.1) is 18.1 Å². The van der Waals surface area contributed by atoms with E-state index in [0.29, 0.717) is 12.8 Å². The summed E-state index contributed by atoms with van der Waals surface area (Å²) in [6.07, 6.45) is -4.40. The molecule has 0 aliphatic carbocycles. The first-order valence-electron chi connectivity index (χ1n) is 9.67. The lowest BCUT2D eigenvalue weighted by molar-refractivity contribution is -0.137. The van der Waals surface area contributed by atoms with Crippen molar-refractivity contribution >= 4 is 17.5 Å². The molecule has 30 heavy (non-hydrogen) atoms. The van der Waals surface area contributed by atoms with Crippen LogP contribution in [-0.2, 0) is 17.4 Å². The van der Waals surface area contributed by atoms with Crippen molar-refractivity contribution in [1.29, 1.82) is 0 Å². The number of aliphatic hydroxyl groups excluding tert-OH is 1. The zero-order valence-electron chi connectivity index (χ0n) is 16.5. The van der Waals surface area contributed by atoms with Crippen molar-refractivity contribution in [2.45, 2.75) is 38.5 Å². The van der Waals surface area contributed by atoms with Gasteiger partial charge in [0.2, 0.25) is 5.91 Å². The first-order valence-corrected chi connectivity index (χ1v) is 9.67. The topological polar surface area (TPSA) is 69.6 Å². The number of aryl methyl sites for hydroxylation is 1. The van der Waals surface area contributed by atoms with Gasteiger partial charge in [-0.05, 0) is 49.1 Å². The Morgan fingerprint density at radius 3 is 2.43 bits per heavy atom.